The Hall–Kier alpha value is -2.38. The third-order valence-corrected chi connectivity index (χ3v) is 4.88. The van der Waals surface area contributed by atoms with Gasteiger partial charge < -0.3 is 0 Å². The van der Waals surface area contributed by atoms with Crippen molar-refractivity contribution in [2.24, 2.45) is 0 Å². The van der Waals surface area contributed by atoms with Crippen LogP contribution in [0.1, 0.15) is 16.8 Å². The van der Waals surface area contributed by atoms with E-state index in [0.717, 1.165) is 16.4 Å². The molecule has 23 heavy (non-hydrogen) atoms. The number of hydrogen-bond acceptors (Lipinski definition) is 4. The third-order valence-electron chi connectivity index (χ3n) is 3.08. The number of H-pyrrole nitrogens is 1. The molecular weight excluding hydrogens is 333 g/mol. The Morgan fingerprint density at radius 1 is 1.35 bits per heavy atom. The van der Waals surface area contributed by atoms with E-state index in [4.69, 9.17) is 5.26 Å². The van der Waals surface area contributed by atoms with Gasteiger partial charge in [0.2, 0.25) is 10.0 Å². The van der Waals surface area contributed by atoms with Crippen molar-refractivity contribution in [3.8, 4) is 6.07 Å². The van der Waals surface area contributed by atoms with Gasteiger partial charge in [-0.15, -0.1) is 0 Å². The van der Waals surface area contributed by atoms with E-state index in [1.807, 2.05) is 0 Å². The maximum absolute atomic E-state index is 12.8. The van der Waals surface area contributed by atoms with Crippen molar-refractivity contribution >= 4 is 10.0 Å². The van der Waals surface area contributed by atoms with Gasteiger partial charge in [-0.05, 0) is 24.3 Å². The number of halogens is 3. The van der Waals surface area contributed by atoms with E-state index in [1.165, 1.54) is 19.3 Å². The van der Waals surface area contributed by atoms with Crippen molar-refractivity contribution in [3.63, 3.8) is 0 Å². The lowest BCUT2D eigenvalue weighted by atomic mass is 10.1. The first-order chi connectivity index (χ1) is 10.7. The van der Waals surface area contributed by atoms with Gasteiger partial charge in [-0.1, -0.05) is 0 Å². The predicted octanol–water partition coefficient (Wildman–Crippen LogP) is 2.12. The Kier molecular flexibility index (Phi) is 4.44. The lowest BCUT2D eigenvalue weighted by molar-refractivity contribution is -0.137. The summed E-state index contributed by atoms with van der Waals surface area (Å²) >= 11 is 0. The molecule has 1 heterocycles. The van der Waals surface area contributed by atoms with Crippen molar-refractivity contribution in [1.82, 2.24) is 14.5 Å². The number of rotatable bonds is 4. The number of hydrogen-bond donors (Lipinski definition) is 1. The average Bonchev–Trinajstić information content (AvgIpc) is 2.98. The van der Waals surface area contributed by atoms with E-state index in [1.54, 1.807) is 6.07 Å². The summed E-state index contributed by atoms with van der Waals surface area (Å²) in [6.45, 7) is -0.0365. The third kappa shape index (κ3) is 3.52. The lowest BCUT2D eigenvalue weighted by Gasteiger charge is -2.17. The lowest BCUT2D eigenvalue weighted by Crippen LogP contribution is -2.27. The fraction of sp³-hybridized carbons (Fsp3) is 0.231. The molecule has 0 bridgehead atoms. The first-order valence-electron chi connectivity index (χ1n) is 6.22. The number of nitrogens with one attached hydrogen (secondary N) is 1. The van der Waals surface area contributed by atoms with Crippen molar-refractivity contribution < 1.29 is 21.6 Å². The number of nitriles is 1. The molecule has 122 valence electrons. The highest BCUT2D eigenvalue weighted by atomic mass is 32.2. The minimum atomic E-state index is -4.73. The molecule has 1 aromatic carbocycles. The van der Waals surface area contributed by atoms with Crippen LogP contribution in [-0.4, -0.2) is 30.0 Å². The summed E-state index contributed by atoms with van der Waals surface area (Å²) in [7, 11) is -2.77. The number of aromatic amines is 1. The first kappa shape index (κ1) is 17.0. The Morgan fingerprint density at radius 2 is 2.04 bits per heavy atom. The zero-order chi connectivity index (χ0) is 17.3. The normalized spacial score (nSPS) is 12.3. The molecule has 2 aromatic rings. The van der Waals surface area contributed by atoms with E-state index in [9.17, 15) is 21.6 Å². The van der Waals surface area contributed by atoms with Crippen LogP contribution in [0.5, 0.6) is 0 Å². The van der Waals surface area contributed by atoms with Crippen LogP contribution in [0, 0.1) is 11.3 Å². The summed E-state index contributed by atoms with van der Waals surface area (Å²) in [6.07, 6.45) is -3.28. The van der Waals surface area contributed by atoms with Gasteiger partial charge in [0.05, 0.1) is 34.3 Å². The molecule has 0 amide bonds. The smallest absolute Gasteiger partial charge is 0.281 e. The molecular formula is C13H11F3N4O2S. The second-order valence-electron chi connectivity index (χ2n) is 4.66. The Balaban J connectivity index is 2.39. The molecule has 0 aliphatic heterocycles. The molecule has 0 atom stereocenters. The zero-order valence-corrected chi connectivity index (χ0v) is 12.6. The largest absolute Gasteiger partial charge is 0.417 e. The molecule has 0 radical (unpaired) electrons. The van der Waals surface area contributed by atoms with Gasteiger partial charge in [0.1, 0.15) is 0 Å². The van der Waals surface area contributed by atoms with Gasteiger partial charge in [0.25, 0.3) is 0 Å². The highest BCUT2D eigenvalue weighted by Crippen LogP contribution is 2.33. The number of sulfonamides is 1. The van der Waals surface area contributed by atoms with E-state index in [-0.39, 0.29) is 11.4 Å². The fourth-order valence-corrected chi connectivity index (χ4v) is 3.08. The van der Waals surface area contributed by atoms with Gasteiger partial charge in [-0.2, -0.15) is 27.8 Å². The molecule has 10 heteroatoms. The van der Waals surface area contributed by atoms with Gasteiger partial charge in [-0.25, -0.2) is 8.42 Å². The SMILES string of the molecule is CN(Cc1ccn[nH]1)S(=O)(=O)c1ccc(C(F)(F)F)c(C#N)c1. The molecule has 1 N–H and O–H groups in total. The van der Waals surface area contributed by atoms with Gasteiger partial charge in [0, 0.05) is 13.2 Å². The highest BCUT2D eigenvalue weighted by Gasteiger charge is 2.34. The zero-order valence-electron chi connectivity index (χ0n) is 11.8. The molecule has 6 nitrogen and oxygen atoms in total. The van der Waals surface area contributed by atoms with Gasteiger partial charge >= 0.3 is 6.18 Å². The molecule has 0 aliphatic carbocycles. The predicted molar refractivity (Wildman–Crippen MR) is 73.4 cm³/mol. The van der Waals surface area contributed by atoms with Crippen LogP contribution in [0.4, 0.5) is 13.2 Å². The number of alkyl halides is 3. The van der Waals surface area contributed by atoms with E-state index >= 15 is 0 Å². The minimum absolute atomic E-state index is 0.0365. The van der Waals surface area contributed by atoms with Crippen molar-refractivity contribution in [2.45, 2.75) is 17.6 Å². The molecule has 0 fully saturated rings. The number of aromatic nitrogens is 2. The molecule has 2 rings (SSSR count). The first-order valence-corrected chi connectivity index (χ1v) is 7.66. The molecule has 1 aromatic heterocycles. The van der Waals surface area contributed by atoms with Crippen molar-refractivity contribution in [2.75, 3.05) is 7.05 Å². The van der Waals surface area contributed by atoms with Crippen LogP contribution in [-0.2, 0) is 22.7 Å². The fourth-order valence-electron chi connectivity index (χ4n) is 1.90. The Morgan fingerprint density at radius 3 is 2.57 bits per heavy atom. The van der Waals surface area contributed by atoms with Gasteiger partial charge in [0.15, 0.2) is 0 Å². The molecule has 0 saturated carbocycles. The summed E-state index contributed by atoms with van der Waals surface area (Å²) < 4.78 is 64.0. The molecule has 0 aliphatic rings. The molecule has 0 unspecified atom stereocenters. The Labute approximate surface area is 130 Å². The monoisotopic (exact) mass is 344 g/mol. The van der Waals surface area contributed by atoms with Crippen molar-refractivity contribution in [1.29, 1.82) is 5.26 Å². The topological polar surface area (TPSA) is 89.8 Å². The second-order valence-corrected chi connectivity index (χ2v) is 6.70. The van der Waals surface area contributed by atoms with E-state index in [0.29, 0.717) is 11.8 Å². The summed E-state index contributed by atoms with van der Waals surface area (Å²) in [6, 6.07) is 5.10. The van der Waals surface area contributed by atoms with Crippen LogP contribution in [0.2, 0.25) is 0 Å². The van der Waals surface area contributed by atoms with Crippen LogP contribution in [0.25, 0.3) is 0 Å². The van der Waals surface area contributed by atoms with Crippen LogP contribution >= 0.6 is 0 Å². The Bertz CT molecular complexity index is 839. The maximum Gasteiger partial charge on any atom is 0.417 e. The van der Waals surface area contributed by atoms with E-state index in [2.05, 4.69) is 10.2 Å². The standard InChI is InChI=1S/C13H11F3N4O2S/c1-20(8-10-4-5-18-19-10)23(21,22)11-2-3-12(13(14,15)16)9(6-11)7-17/h2-6H,8H2,1H3,(H,18,19). The maximum atomic E-state index is 12.8. The van der Waals surface area contributed by atoms with Crippen LogP contribution in [0.15, 0.2) is 35.4 Å². The minimum Gasteiger partial charge on any atom is -0.281 e. The average molecular weight is 344 g/mol. The van der Waals surface area contributed by atoms with Crippen molar-refractivity contribution in [3.05, 3.63) is 47.3 Å². The molecule has 0 saturated heterocycles. The van der Waals surface area contributed by atoms with Crippen LogP contribution in [0.3, 0.4) is 0 Å². The molecule has 0 spiro atoms. The summed E-state index contributed by atoms with van der Waals surface area (Å²) in [5.74, 6) is 0. The number of benzene rings is 1. The summed E-state index contributed by atoms with van der Waals surface area (Å²) in [4.78, 5) is -0.385. The van der Waals surface area contributed by atoms with E-state index < -0.39 is 27.3 Å². The summed E-state index contributed by atoms with van der Waals surface area (Å²) in [5, 5.41) is 15.1. The van der Waals surface area contributed by atoms with Crippen LogP contribution < -0.4 is 0 Å². The number of nitrogens with zero attached hydrogens (tertiary/aromatic N) is 3. The quantitative estimate of drug-likeness (QED) is 0.920. The van der Waals surface area contributed by atoms with Gasteiger partial charge in [-0.3, -0.25) is 5.10 Å². The second kappa shape index (κ2) is 6.02. The highest BCUT2D eigenvalue weighted by molar-refractivity contribution is 7.89. The summed E-state index contributed by atoms with van der Waals surface area (Å²) in [5.41, 5.74) is -1.40.